The summed E-state index contributed by atoms with van der Waals surface area (Å²) in [6, 6.07) is 0.288. The van der Waals surface area contributed by atoms with Crippen molar-refractivity contribution in [3.63, 3.8) is 0 Å². The van der Waals surface area contributed by atoms with Gasteiger partial charge in [0.05, 0.1) is 0 Å². The molecule has 1 saturated heterocycles. The second-order valence-electron chi connectivity index (χ2n) is 5.55. The van der Waals surface area contributed by atoms with Crippen LogP contribution in [0.2, 0.25) is 0 Å². The van der Waals surface area contributed by atoms with E-state index >= 15 is 0 Å². The van der Waals surface area contributed by atoms with E-state index in [0.29, 0.717) is 17.8 Å². The molecule has 0 aromatic carbocycles. The Kier molecular flexibility index (Phi) is 5.03. The van der Waals surface area contributed by atoms with Crippen LogP contribution < -0.4 is 5.73 Å². The first-order valence-corrected chi connectivity index (χ1v) is 8.80. The maximum atomic E-state index is 12.7. The maximum Gasteiger partial charge on any atom is 0.262 e. The minimum absolute atomic E-state index is 0.0612. The maximum absolute atomic E-state index is 12.7. The van der Waals surface area contributed by atoms with Crippen LogP contribution in [-0.2, 0) is 16.6 Å². The van der Waals surface area contributed by atoms with Gasteiger partial charge in [-0.25, -0.2) is 8.42 Å². The molecular formula is C13H25N5O2S. The number of H-pyrrole nitrogens is 1. The first kappa shape index (κ1) is 16.4. The highest BCUT2D eigenvalue weighted by Gasteiger charge is 2.32. The summed E-state index contributed by atoms with van der Waals surface area (Å²) >= 11 is 0. The van der Waals surface area contributed by atoms with Crippen molar-refractivity contribution in [1.82, 2.24) is 19.4 Å². The zero-order valence-electron chi connectivity index (χ0n) is 13.0. The van der Waals surface area contributed by atoms with E-state index < -0.39 is 10.0 Å². The van der Waals surface area contributed by atoms with E-state index in [9.17, 15) is 8.42 Å². The number of sulfonamides is 1. The van der Waals surface area contributed by atoms with Crippen molar-refractivity contribution in [1.29, 1.82) is 0 Å². The summed E-state index contributed by atoms with van der Waals surface area (Å²) in [6.07, 6.45) is 2.17. The number of nitrogens with two attached hydrogens (primary N) is 1. The molecule has 1 aliphatic rings. The number of aromatic nitrogens is 2. The molecule has 0 aliphatic carbocycles. The van der Waals surface area contributed by atoms with Crippen LogP contribution in [0.5, 0.6) is 0 Å². The van der Waals surface area contributed by atoms with Gasteiger partial charge in [-0.15, -0.1) is 0 Å². The van der Waals surface area contributed by atoms with Gasteiger partial charge in [0, 0.05) is 37.4 Å². The standard InChI is InChI=1S/C13H25N5O2S/c1-4-18-7-5-6-11(18)9-17(3)21(19,20)13-12(8-14)10(2)15-16-13/h11H,4-9,14H2,1-3H3,(H,15,16). The average Bonchev–Trinajstić information content (AvgIpc) is 3.04. The van der Waals surface area contributed by atoms with Crippen molar-refractivity contribution in [3.05, 3.63) is 11.3 Å². The van der Waals surface area contributed by atoms with E-state index in [0.717, 1.165) is 25.9 Å². The third kappa shape index (κ3) is 3.13. The second kappa shape index (κ2) is 6.43. The molecule has 2 heterocycles. The Bertz CT molecular complexity index is 583. The Morgan fingerprint density at radius 2 is 2.24 bits per heavy atom. The lowest BCUT2D eigenvalue weighted by atomic mass is 10.2. The predicted molar refractivity (Wildman–Crippen MR) is 81.3 cm³/mol. The monoisotopic (exact) mass is 315 g/mol. The third-order valence-electron chi connectivity index (χ3n) is 4.27. The van der Waals surface area contributed by atoms with E-state index in [1.54, 1.807) is 14.0 Å². The molecule has 0 amide bonds. The number of rotatable bonds is 6. The molecule has 1 unspecified atom stereocenters. The Balaban J connectivity index is 2.19. The lowest BCUT2D eigenvalue weighted by molar-refractivity contribution is 0.237. The van der Waals surface area contributed by atoms with E-state index in [1.807, 2.05) is 0 Å². The molecule has 3 N–H and O–H groups in total. The molecule has 2 rings (SSSR count). The number of nitrogens with one attached hydrogen (secondary N) is 1. The fraction of sp³-hybridized carbons (Fsp3) is 0.769. The number of likely N-dealkylation sites (tertiary alicyclic amines) is 1. The fourth-order valence-electron chi connectivity index (χ4n) is 2.94. The molecule has 0 saturated carbocycles. The molecule has 120 valence electrons. The number of hydrogen-bond acceptors (Lipinski definition) is 5. The van der Waals surface area contributed by atoms with Gasteiger partial charge in [-0.2, -0.15) is 9.40 Å². The van der Waals surface area contributed by atoms with Crippen molar-refractivity contribution in [2.75, 3.05) is 26.7 Å². The first-order valence-electron chi connectivity index (χ1n) is 7.36. The smallest absolute Gasteiger partial charge is 0.262 e. The molecule has 7 nitrogen and oxygen atoms in total. The van der Waals surface area contributed by atoms with Gasteiger partial charge >= 0.3 is 0 Å². The normalized spacial score (nSPS) is 20.5. The molecule has 1 aromatic heterocycles. The lowest BCUT2D eigenvalue weighted by Gasteiger charge is -2.27. The molecule has 1 fully saturated rings. The van der Waals surface area contributed by atoms with Gasteiger partial charge < -0.3 is 5.73 Å². The first-order chi connectivity index (χ1) is 9.91. The van der Waals surface area contributed by atoms with Crippen molar-refractivity contribution >= 4 is 10.0 Å². The van der Waals surface area contributed by atoms with Gasteiger partial charge in [0.1, 0.15) is 0 Å². The van der Waals surface area contributed by atoms with Crippen LogP contribution in [0.4, 0.5) is 0 Å². The summed E-state index contributed by atoms with van der Waals surface area (Å²) < 4.78 is 26.8. The molecule has 0 spiro atoms. The molecule has 1 aromatic rings. The molecule has 8 heteroatoms. The SMILES string of the molecule is CCN1CCCC1CN(C)S(=O)(=O)c1n[nH]c(C)c1CN. The Morgan fingerprint density at radius 1 is 1.52 bits per heavy atom. The number of aryl methyl sites for hydroxylation is 1. The zero-order valence-corrected chi connectivity index (χ0v) is 13.8. The van der Waals surface area contributed by atoms with Gasteiger partial charge in [-0.3, -0.25) is 10.00 Å². The molecular weight excluding hydrogens is 290 g/mol. The van der Waals surface area contributed by atoms with Crippen LogP contribution >= 0.6 is 0 Å². The quantitative estimate of drug-likeness (QED) is 0.786. The third-order valence-corrected chi connectivity index (χ3v) is 6.06. The van der Waals surface area contributed by atoms with Gasteiger partial charge in [0.25, 0.3) is 10.0 Å². The van der Waals surface area contributed by atoms with Crippen LogP contribution in [-0.4, -0.2) is 60.5 Å². The van der Waals surface area contributed by atoms with Crippen LogP contribution in [0.15, 0.2) is 5.03 Å². The minimum atomic E-state index is -3.60. The topological polar surface area (TPSA) is 95.3 Å². The van der Waals surface area contributed by atoms with E-state index in [4.69, 9.17) is 5.73 Å². The molecule has 1 aliphatic heterocycles. The van der Waals surface area contributed by atoms with Gasteiger partial charge in [0.15, 0.2) is 5.03 Å². The van der Waals surface area contributed by atoms with Crippen molar-refractivity contribution in [2.45, 2.75) is 44.3 Å². The highest BCUT2D eigenvalue weighted by atomic mass is 32.2. The summed E-state index contributed by atoms with van der Waals surface area (Å²) in [5.74, 6) is 0. The van der Waals surface area contributed by atoms with E-state index in [-0.39, 0.29) is 17.6 Å². The molecule has 1 atom stereocenters. The Morgan fingerprint density at radius 3 is 2.86 bits per heavy atom. The Labute approximate surface area is 126 Å². The number of aromatic amines is 1. The second-order valence-corrected chi connectivity index (χ2v) is 7.51. The van der Waals surface area contributed by atoms with Crippen LogP contribution in [0.1, 0.15) is 31.0 Å². The summed E-state index contributed by atoms with van der Waals surface area (Å²) in [5, 5.41) is 6.72. The predicted octanol–water partition coefficient (Wildman–Crippen LogP) is 0.282. The lowest BCUT2D eigenvalue weighted by Crippen LogP contribution is -2.41. The number of likely N-dealkylation sites (N-methyl/N-ethyl adjacent to an activating group) is 2. The van der Waals surface area contributed by atoms with Crippen LogP contribution in [0.25, 0.3) is 0 Å². The highest BCUT2D eigenvalue weighted by molar-refractivity contribution is 7.89. The summed E-state index contributed by atoms with van der Waals surface area (Å²) in [6.45, 7) is 6.54. The van der Waals surface area contributed by atoms with E-state index in [2.05, 4.69) is 22.0 Å². The summed E-state index contributed by atoms with van der Waals surface area (Å²) in [5.41, 5.74) is 6.93. The van der Waals surface area contributed by atoms with Gasteiger partial charge in [0.2, 0.25) is 0 Å². The van der Waals surface area contributed by atoms with E-state index in [1.165, 1.54) is 4.31 Å². The van der Waals surface area contributed by atoms with Crippen molar-refractivity contribution < 1.29 is 8.42 Å². The highest BCUT2D eigenvalue weighted by Crippen LogP contribution is 2.22. The van der Waals surface area contributed by atoms with Crippen LogP contribution in [0.3, 0.4) is 0 Å². The van der Waals surface area contributed by atoms with Crippen molar-refractivity contribution in [2.24, 2.45) is 5.73 Å². The fourth-order valence-corrected chi connectivity index (χ4v) is 4.32. The molecule has 0 radical (unpaired) electrons. The summed E-state index contributed by atoms with van der Waals surface area (Å²) in [4.78, 5) is 2.33. The van der Waals surface area contributed by atoms with Crippen molar-refractivity contribution in [3.8, 4) is 0 Å². The zero-order chi connectivity index (χ0) is 15.6. The summed E-state index contributed by atoms with van der Waals surface area (Å²) in [7, 11) is -1.98. The minimum Gasteiger partial charge on any atom is -0.326 e. The number of hydrogen-bond donors (Lipinski definition) is 2. The van der Waals surface area contributed by atoms with Gasteiger partial charge in [-0.1, -0.05) is 6.92 Å². The molecule has 21 heavy (non-hydrogen) atoms. The average molecular weight is 315 g/mol. The molecule has 0 bridgehead atoms. The van der Waals surface area contributed by atoms with Crippen LogP contribution in [0, 0.1) is 6.92 Å². The van der Waals surface area contributed by atoms with Gasteiger partial charge in [-0.05, 0) is 32.9 Å². The Hall–Kier alpha value is -0.960. The number of nitrogens with zero attached hydrogens (tertiary/aromatic N) is 3. The largest absolute Gasteiger partial charge is 0.326 e.